The molecule has 0 aromatic carbocycles. The van der Waals surface area contributed by atoms with Crippen LogP contribution in [0.25, 0.3) is 0 Å². The average molecular weight is 387 g/mol. The second-order valence-corrected chi connectivity index (χ2v) is 8.44. The molecule has 0 aliphatic rings. The Morgan fingerprint density at radius 1 is 0.630 bits per heavy atom. The first-order valence-electron chi connectivity index (χ1n) is 10.6. The van der Waals surface area contributed by atoms with E-state index in [9.17, 15) is 9.59 Å². The Hall–Kier alpha value is -1.10. The maximum Gasteiger partial charge on any atom is 0.311 e. The molecule has 0 heterocycles. The summed E-state index contributed by atoms with van der Waals surface area (Å²) in [4.78, 5) is 23.6. The Bertz CT molecular complexity index is 377. The van der Waals surface area contributed by atoms with Gasteiger partial charge in [-0.1, -0.05) is 25.7 Å². The summed E-state index contributed by atoms with van der Waals surface area (Å²) < 4.78 is 15.9. The van der Waals surface area contributed by atoms with E-state index in [0.717, 1.165) is 64.6 Å². The van der Waals surface area contributed by atoms with Gasteiger partial charge in [0.05, 0.1) is 24.0 Å². The van der Waals surface area contributed by atoms with Crippen LogP contribution in [-0.2, 0) is 23.8 Å². The predicted molar refractivity (Wildman–Crippen MR) is 109 cm³/mol. The topological polar surface area (TPSA) is 61.8 Å². The number of unbranched alkanes of at least 4 members (excludes halogenated alkanes) is 4. The van der Waals surface area contributed by atoms with Crippen molar-refractivity contribution in [3.8, 4) is 0 Å². The number of rotatable bonds is 16. The van der Waals surface area contributed by atoms with Gasteiger partial charge >= 0.3 is 11.9 Å². The highest BCUT2D eigenvalue weighted by Gasteiger charge is 2.29. The summed E-state index contributed by atoms with van der Waals surface area (Å²) in [5.74, 6) is -0.209. The van der Waals surface area contributed by atoms with Crippen molar-refractivity contribution in [2.75, 3.05) is 26.4 Å². The molecule has 160 valence electrons. The lowest BCUT2D eigenvalue weighted by molar-refractivity contribution is -0.154. The molecule has 0 spiro atoms. The summed E-state index contributed by atoms with van der Waals surface area (Å²) in [6.45, 7) is 13.9. The van der Waals surface area contributed by atoms with Crippen LogP contribution in [0.15, 0.2) is 0 Å². The van der Waals surface area contributed by atoms with Crippen LogP contribution in [0.1, 0.15) is 92.9 Å². The van der Waals surface area contributed by atoms with Gasteiger partial charge in [0.1, 0.15) is 0 Å². The zero-order valence-electron chi connectivity index (χ0n) is 18.5. The van der Waals surface area contributed by atoms with Crippen molar-refractivity contribution in [3.63, 3.8) is 0 Å². The van der Waals surface area contributed by atoms with Crippen molar-refractivity contribution in [1.29, 1.82) is 0 Å². The van der Waals surface area contributed by atoms with Crippen molar-refractivity contribution in [2.24, 2.45) is 10.8 Å². The number of ether oxygens (including phenoxy) is 3. The van der Waals surface area contributed by atoms with E-state index < -0.39 is 10.8 Å². The molecule has 0 aromatic rings. The highest BCUT2D eigenvalue weighted by molar-refractivity contribution is 5.76. The predicted octanol–water partition coefficient (Wildman–Crippen LogP) is 5.30. The van der Waals surface area contributed by atoms with Gasteiger partial charge in [0.2, 0.25) is 0 Å². The van der Waals surface area contributed by atoms with Gasteiger partial charge in [-0.25, -0.2) is 0 Å². The van der Waals surface area contributed by atoms with E-state index in [0.29, 0.717) is 13.2 Å². The second kappa shape index (κ2) is 14.0. The Morgan fingerprint density at radius 2 is 1.00 bits per heavy atom. The summed E-state index contributed by atoms with van der Waals surface area (Å²) >= 11 is 0. The Morgan fingerprint density at radius 3 is 1.33 bits per heavy atom. The number of esters is 2. The number of hydrogen-bond donors (Lipinski definition) is 0. The molecule has 5 nitrogen and oxygen atoms in total. The van der Waals surface area contributed by atoms with Crippen LogP contribution in [0.5, 0.6) is 0 Å². The molecule has 0 bridgehead atoms. The van der Waals surface area contributed by atoms with E-state index in [2.05, 4.69) is 0 Å². The van der Waals surface area contributed by atoms with Crippen molar-refractivity contribution in [3.05, 3.63) is 0 Å². The molecule has 5 heteroatoms. The molecule has 0 N–H and O–H groups in total. The quantitative estimate of drug-likeness (QED) is 0.266. The first kappa shape index (κ1) is 25.9. The Kier molecular flexibility index (Phi) is 13.4. The molecule has 27 heavy (non-hydrogen) atoms. The van der Waals surface area contributed by atoms with E-state index in [1.165, 1.54) is 0 Å². The van der Waals surface area contributed by atoms with Crippen molar-refractivity contribution < 1.29 is 23.8 Å². The Balaban J connectivity index is 3.58. The SMILES string of the molecule is CCOC(=O)C(C)(C)CCCCCOCCCCCC(C)(C)C(=O)OCC. The third kappa shape index (κ3) is 12.1. The number of carbonyl (C=O) groups is 2. The largest absolute Gasteiger partial charge is 0.466 e. The summed E-state index contributed by atoms with van der Waals surface area (Å²) in [6.07, 6.45) is 7.90. The van der Waals surface area contributed by atoms with Gasteiger partial charge in [0.25, 0.3) is 0 Å². The zero-order chi connectivity index (χ0) is 20.8. The standard InChI is InChI=1S/C22H42O5/c1-7-26-19(23)21(3,4)15-11-9-13-17-25-18-14-10-12-16-22(5,6)20(24)27-8-2/h7-18H2,1-6H3. The molecular weight excluding hydrogens is 344 g/mol. The van der Waals surface area contributed by atoms with Gasteiger partial charge in [-0.15, -0.1) is 0 Å². The first-order valence-corrected chi connectivity index (χ1v) is 10.6. The van der Waals surface area contributed by atoms with Gasteiger partial charge < -0.3 is 14.2 Å². The third-order valence-electron chi connectivity index (χ3n) is 4.84. The average Bonchev–Trinajstić information content (AvgIpc) is 2.59. The van der Waals surface area contributed by atoms with E-state index >= 15 is 0 Å². The molecule has 0 unspecified atom stereocenters. The van der Waals surface area contributed by atoms with Crippen LogP contribution in [0.2, 0.25) is 0 Å². The fourth-order valence-electron chi connectivity index (χ4n) is 2.85. The van der Waals surface area contributed by atoms with Crippen LogP contribution >= 0.6 is 0 Å². The van der Waals surface area contributed by atoms with Crippen molar-refractivity contribution >= 4 is 11.9 Å². The maximum absolute atomic E-state index is 11.8. The maximum atomic E-state index is 11.8. The van der Waals surface area contributed by atoms with E-state index in [1.807, 2.05) is 41.5 Å². The molecule has 0 aromatic heterocycles. The Labute approximate surface area is 166 Å². The number of carbonyl (C=O) groups excluding carboxylic acids is 2. The third-order valence-corrected chi connectivity index (χ3v) is 4.84. The number of hydrogen-bond acceptors (Lipinski definition) is 5. The molecule has 0 radical (unpaired) electrons. The first-order chi connectivity index (χ1) is 12.7. The molecule has 0 saturated carbocycles. The molecule has 0 amide bonds. The molecule has 0 aliphatic heterocycles. The summed E-state index contributed by atoms with van der Waals surface area (Å²) in [6, 6.07) is 0. The van der Waals surface area contributed by atoms with Crippen LogP contribution in [0, 0.1) is 10.8 Å². The fraction of sp³-hybridized carbons (Fsp3) is 0.909. The van der Waals surface area contributed by atoms with Gasteiger partial charge in [-0.2, -0.15) is 0 Å². The summed E-state index contributed by atoms with van der Waals surface area (Å²) in [5, 5.41) is 0. The summed E-state index contributed by atoms with van der Waals surface area (Å²) in [5.41, 5.74) is -0.789. The van der Waals surface area contributed by atoms with Gasteiger partial charge in [-0.05, 0) is 67.2 Å². The highest BCUT2D eigenvalue weighted by atomic mass is 16.5. The van der Waals surface area contributed by atoms with Crippen LogP contribution < -0.4 is 0 Å². The highest BCUT2D eigenvalue weighted by Crippen LogP contribution is 2.26. The molecule has 0 fully saturated rings. The second-order valence-electron chi connectivity index (χ2n) is 8.44. The van der Waals surface area contributed by atoms with Gasteiger partial charge in [0.15, 0.2) is 0 Å². The lowest BCUT2D eigenvalue weighted by Gasteiger charge is -2.22. The van der Waals surface area contributed by atoms with E-state index in [-0.39, 0.29) is 11.9 Å². The van der Waals surface area contributed by atoms with E-state index in [4.69, 9.17) is 14.2 Å². The smallest absolute Gasteiger partial charge is 0.311 e. The monoisotopic (exact) mass is 386 g/mol. The molecule has 0 saturated heterocycles. The van der Waals surface area contributed by atoms with Gasteiger partial charge in [0, 0.05) is 13.2 Å². The lowest BCUT2D eigenvalue weighted by atomic mass is 9.87. The fourth-order valence-corrected chi connectivity index (χ4v) is 2.85. The van der Waals surface area contributed by atoms with E-state index in [1.54, 1.807) is 0 Å². The normalized spacial score (nSPS) is 12.1. The van der Waals surface area contributed by atoms with Crippen LogP contribution in [-0.4, -0.2) is 38.4 Å². The van der Waals surface area contributed by atoms with Crippen LogP contribution in [0.4, 0.5) is 0 Å². The minimum absolute atomic E-state index is 0.104. The zero-order valence-corrected chi connectivity index (χ0v) is 18.5. The molecule has 0 atom stereocenters. The lowest BCUT2D eigenvalue weighted by Crippen LogP contribution is -2.26. The molecule has 0 rings (SSSR count). The van der Waals surface area contributed by atoms with Crippen molar-refractivity contribution in [1.82, 2.24) is 0 Å². The van der Waals surface area contributed by atoms with Crippen molar-refractivity contribution in [2.45, 2.75) is 92.9 Å². The minimum atomic E-state index is -0.395. The van der Waals surface area contributed by atoms with Gasteiger partial charge in [-0.3, -0.25) is 9.59 Å². The minimum Gasteiger partial charge on any atom is -0.466 e. The van der Waals surface area contributed by atoms with Crippen LogP contribution in [0.3, 0.4) is 0 Å². The molecule has 0 aliphatic carbocycles. The molecular formula is C22H42O5. The summed E-state index contributed by atoms with van der Waals surface area (Å²) in [7, 11) is 0.